The molecule has 8 heteroatoms. The number of carbonyl (C=O) groups is 2. The Labute approximate surface area is 205 Å². The number of benzene rings is 2. The van der Waals surface area contributed by atoms with Crippen molar-refractivity contribution in [1.29, 1.82) is 0 Å². The number of carbonyl (C=O) groups excluding carboxylic acids is 2. The molecule has 0 atom stereocenters. The van der Waals surface area contributed by atoms with E-state index in [1.165, 1.54) is 4.90 Å². The van der Waals surface area contributed by atoms with Gasteiger partial charge in [0.2, 0.25) is 5.91 Å². The Kier molecular flexibility index (Phi) is 9.55. The second-order valence-corrected chi connectivity index (χ2v) is 8.33. The Bertz CT molecular complexity index is 1050. The van der Waals surface area contributed by atoms with Crippen LogP contribution >= 0.6 is 11.6 Å². The van der Waals surface area contributed by atoms with Crippen molar-refractivity contribution in [2.45, 2.75) is 13.1 Å². The van der Waals surface area contributed by atoms with Crippen LogP contribution in [-0.4, -0.2) is 59.6 Å². The number of hydrogen-bond donors (Lipinski definition) is 0. The molecule has 0 N–H and O–H groups in total. The maximum atomic E-state index is 13.4. The molecule has 0 fully saturated rings. The number of aromatic nitrogens is 1. The Morgan fingerprint density at radius 2 is 1.65 bits per heavy atom. The van der Waals surface area contributed by atoms with Gasteiger partial charge in [0.25, 0.3) is 5.91 Å². The van der Waals surface area contributed by atoms with Crippen LogP contribution < -0.4 is 4.74 Å². The van der Waals surface area contributed by atoms with Gasteiger partial charge >= 0.3 is 0 Å². The van der Waals surface area contributed by atoms with E-state index in [1.807, 2.05) is 60.3 Å². The standard InChI is InChI=1S/C26H30ClN3O4/c1-28-14-6-9-23(28)18-30(17-21-7-4-3-5-8-21)25(31)19-29(15-16-33-2)26(32)20-34-24-12-10-22(27)11-13-24/h3-14H,15-20H2,1-2H3. The van der Waals surface area contributed by atoms with Crippen molar-refractivity contribution in [3.63, 3.8) is 0 Å². The van der Waals surface area contributed by atoms with E-state index >= 15 is 0 Å². The van der Waals surface area contributed by atoms with Crippen LogP contribution in [0.5, 0.6) is 5.75 Å². The maximum absolute atomic E-state index is 13.4. The first-order valence-electron chi connectivity index (χ1n) is 11.0. The number of rotatable bonds is 12. The van der Waals surface area contributed by atoms with Crippen molar-refractivity contribution in [3.05, 3.63) is 89.2 Å². The molecule has 0 saturated carbocycles. The molecule has 2 amide bonds. The van der Waals surface area contributed by atoms with Gasteiger partial charge in [-0.3, -0.25) is 9.59 Å². The second-order valence-electron chi connectivity index (χ2n) is 7.90. The lowest BCUT2D eigenvalue weighted by Crippen LogP contribution is -2.45. The number of hydrogen-bond acceptors (Lipinski definition) is 4. The summed E-state index contributed by atoms with van der Waals surface area (Å²) in [5.41, 5.74) is 2.02. The van der Waals surface area contributed by atoms with Crippen LogP contribution in [0.4, 0.5) is 0 Å². The largest absolute Gasteiger partial charge is 0.484 e. The SMILES string of the molecule is COCCN(CC(=O)N(Cc1ccccc1)Cc1cccn1C)C(=O)COc1ccc(Cl)cc1. The van der Waals surface area contributed by atoms with E-state index in [0.29, 0.717) is 30.5 Å². The van der Waals surface area contributed by atoms with E-state index in [0.717, 1.165) is 11.3 Å². The predicted molar refractivity (Wildman–Crippen MR) is 132 cm³/mol. The highest BCUT2D eigenvalue weighted by molar-refractivity contribution is 6.30. The Balaban J connectivity index is 1.70. The van der Waals surface area contributed by atoms with Gasteiger partial charge in [0.15, 0.2) is 6.61 Å². The van der Waals surface area contributed by atoms with Crippen LogP contribution in [0.25, 0.3) is 0 Å². The van der Waals surface area contributed by atoms with Gasteiger partial charge in [-0.25, -0.2) is 0 Å². The average molecular weight is 484 g/mol. The summed E-state index contributed by atoms with van der Waals surface area (Å²) in [6.45, 7) is 1.23. The fourth-order valence-corrected chi connectivity index (χ4v) is 3.54. The first kappa shape index (κ1) is 25.3. The molecule has 0 saturated heterocycles. The van der Waals surface area contributed by atoms with Crippen LogP contribution in [0.3, 0.4) is 0 Å². The van der Waals surface area contributed by atoms with Crippen LogP contribution in [0, 0.1) is 0 Å². The van der Waals surface area contributed by atoms with Gasteiger partial charge in [0.05, 0.1) is 19.7 Å². The highest BCUT2D eigenvalue weighted by Crippen LogP contribution is 2.16. The first-order chi connectivity index (χ1) is 16.5. The van der Waals surface area contributed by atoms with Crippen LogP contribution in [0.15, 0.2) is 72.9 Å². The summed E-state index contributed by atoms with van der Waals surface area (Å²) < 4.78 is 12.7. The molecular formula is C26H30ClN3O4. The van der Waals surface area contributed by atoms with E-state index in [1.54, 1.807) is 36.3 Å². The van der Waals surface area contributed by atoms with Gasteiger partial charge in [0.1, 0.15) is 5.75 Å². The zero-order valence-electron chi connectivity index (χ0n) is 19.5. The molecule has 0 bridgehead atoms. The molecule has 1 heterocycles. The second kappa shape index (κ2) is 12.8. The maximum Gasteiger partial charge on any atom is 0.261 e. The fraction of sp³-hybridized carbons (Fsp3) is 0.308. The van der Waals surface area contributed by atoms with Gasteiger partial charge in [-0.15, -0.1) is 0 Å². The van der Waals surface area contributed by atoms with Crippen LogP contribution in [0.1, 0.15) is 11.3 Å². The van der Waals surface area contributed by atoms with E-state index in [2.05, 4.69) is 0 Å². The van der Waals surface area contributed by atoms with Gasteiger partial charge in [-0.2, -0.15) is 0 Å². The minimum absolute atomic E-state index is 0.0660. The van der Waals surface area contributed by atoms with Crippen molar-refractivity contribution in [2.75, 3.05) is 33.4 Å². The molecular weight excluding hydrogens is 454 g/mol. The first-order valence-corrected chi connectivity index (χ1v) is 11.4. The van der Waals surface area contributed by atoms with Crippen molar-refractivity contribution in [1.82, 2.24) is 14.4 Å². The molecule has 0 spiro atoms. The highest BCUT2D eigenvalue weighted by Gasteiger charge is 2.22. The molecule has 0 aliphatic rings. The Morgan fingerprint density at radius 1 is 0.912 bits per heavy atom. The number of ether oxygens (including phenoxy) is 2. The normalized spacial score (nSPS) is 10.7. The topological polar surface area (TPSA) is 64.0 Å². The summed E-state index contributed by atoms with van der Waals surface area (Å²) in [6.07, 6.45) is 1.95. The van der Waals surface area contributed by atoms with E-state index in [9.17, 15) is 9.59 Å². The van der Waals surface area contributed by atoms with E-state index in [4.69, 9.17) is 21.1 Å². The third-order valence-electron chi connectivity index (χ3n) is 5.39. The summed E-state index contributed by atoms with van der Waals surface area (Å²) in [6, 6.07) is 20.5. The molecule has 1 aromatic heterocycles. The van der Waals surface area contributed by atoms with Crippen LogP contribution in [-0.2, 0) is 34.5 Å². The lowest BCUT2D eigenvalue weighted by Gasteiger charge is -2.28. The van der Waals surface area contributed by atoms with E-state index in [-0.39, 0.29) is 31.5 Å². The van der Waals surface area contributed by atoms with Crippen LogP contribution in [0.2, 0.25) is 5.02 Å². The minimum Gasteiger partial charge on any atom is -0.484 e. The fourth-order valence-electron chi connectivity index (χ4n) is 3.42. The molecule has 0 radical (unpaired) electrons. The zero-order valence-corrected chi connectivity index (χ0v) is 20.3. The molecule has 0 aliphatic heterocycles. The molecule has 0 unspecified atom stereocenters. The van der Waals surface area contributed by atoms with Crippen molar-refractivity contribution in [3.8, 4) is 5.75 Å². The average Bonchev–Trinajstić information content (AvgIpc) is 3.25. The zero-order chi connectivity index (χ0) is 24.3. The Hall–Kier alpha value is -3.29. The van der Waals surface area contributed by atoms with Gasteiger partial charge in [-0.1, -0.05) is 41.9 Å². The molecule has 0 aliphatic carbocycles. The molecule has 34 heavy (non-hydrogen) atoms. The lowest BCUT2D eigenvalue weighted by atomic mass is 10.2. The summed E-state index contributed by atoms with van der Waals surface area (Å²) >= 11 is 5.90. The summed E-state index contributed by atoms with van der Waals surface area (Å²) in [5, 5.41) is 0.586. The number of nitrogens with zero attached hydrogens (tertiary/aromatic N) is 3. The monoisotopic (exact) mass is 483 g/mol. The number of amides is 2. The van der Waals surface area contributed by atoms with Crippen molar-refractivity contribution < 1.29 is 19.1 Å². The van der Waals surface area contributed by atoms with Crippen molar-refractivity contribution in [2.24, 2.45) is 7.05 Å². The summed E-state index contributed by atoms with van der Waals surface area (Å²) in [5.74, 6) is 0.0880. The Morgan fingerprint density at radius 3 is 2.29 bits per heavy atom. The molecule has 7 nitrogen and oxygen atoms in total. The summed E-state index contributed by atoms with van der Waals surface area (Å²) in [4.78, 5) is 29.6. The van der Waals surface area contributed by atoms with E-state index < -0.39 is 0 Å². The predicted octanol–water partition coefficient (Wildman–Crippen LogP) is 3.76. The van der Waals surface area contributed by atoms with Gasteiger partial charge < -0.3 is 23.8 Å². The molecule has 2 aromatic carbocycles. The number of methoxy groups -OCH3 is 1. The quantitative estimate of drug-likeness (QED) is 0.393. The van der Waals surface area contributed by atoms with Gasteiger partial charge in [-0.05, 0) is 42.0 Å². The lowest BCUT2D eigenvalue weighted by molar-refractivity contribution is -0.142. The number of halogens is 1. The third kappa shape index (κ3) is 7.64. The number of aryl methyl sites for hydroxylation is 1. The molecule has 3 aromatic rings. The molecule has 3 rings (SSSR count). The third-order valence-corrected chi connectivity index (χ3v) is 5.65. The molecule has 180 valence electrons. The van der Waals surface area contributed by atoms with Gasteiger partial charge in [0, 0.05) is 44.2 Å². The summed E-state index contributed by atoms with van der Waals surface area (Å²) in [7, 11) is 3.51. The smallest absolute Gasteiger partial charge is 0.261 e. The minimum atomic E-state index is -0.293. The van der Waals surface area contributed by atoms with Crippen molar-refractivity contribution >= 4 is 23.4 Å². The highest BCUT2D eigenvalue weighted by atomic mass is 35.5.